The van der Waals surface area contributed by atoms with Crippen molar-refractivity contribution in [2.75, 3.05) is 5.32 Å². The molecule has 0 unspecified atom stereocenters. The second-order valence-corrected chi connectivity index (χ2v) is 7.16. The van der Waals surface area contributed by atoms with Gasteiger partial charge in [-0.15, -0.1) is 5.10 Å². The molecule has 2 aromatic rings. The Hall–Kier alpha value is -3.03. The summed E-state index contributed by atoms with van der Waals surface area (Å²) in [6.07, 6.45) is 0.391. The van der Waals surface area contributed by atoms with Gasteiger partial charge in [0.2, 0.25) is 17.7 Å². The lowest BCUT2D eigenvalue weighted by atomic mass is 9.87. The zero-order valence-corrected chi connectivity index (χ0v) is 14.9. The predicted molar refractivity (Wildman–Crippen MR) is 92.2 cm³/mol. The SMILES string of the molecule is CC(C)(C)c1ccc(C(=O)Nc2nnc(CN3C(=O)CCC3=O)o2)cc1. The van der Waals surface area contributed by atoms with E-state index in [1.54, 1.807) is 12.1 Å². The molecule has 0 spiro atoms. The molecule has 1 aliphatic heterocycles. The molecular formula is C18H20N4O4. The van der Waals surface area contributed by atoms with Gasteiger partial charge in [-0.05, 0) is 23.1 Å². The molecule has 136 valence electrons. The topological polar surface area (TPSA) is 105 Å². The third-order valence-electron chi connectivity index (χ3n) is 4.15. The molecule has 1 aromatic heterocycles. The van der Waals surface area contributed by atoms with Crippen LogP contribution in [0.1, 0.15) is 55.4 Å². The predicted octanol–water partition coefficient (Wildman–Crippen LogP) is 2.27. The van der Waals surface area contributed by atoms with Gasteiger partial charge in [-0.25, -0.2) is 0 Å². The minimum atomic E-state index is -0.381. The quantitative estimate of drug-likeness (QED) is 0.843. The molecule has 1 aromatic carbocycles. The van der Waals surface area contributed by atoms with E-state index >= 15 is 0 Å². The number of amides is 3. The van der Waals surface area contributed by atoms with Crippen LogP contribution in [0, 0.1) is 0 Å². The second kappa shape index (κ2) is 6.70. The van der Waals surface area contributed by atoms with Crippen LogP contribution in [0.15, 0.2) is 28.7 Å². The van der Waals surface area contributed by atoms with Gasteiger partial charge >= 0.3 is 6.01 Å². The molecule has 0 aliphatic carbocycles. The van der Waals surface area contributed by atoms with Gasteiger partial charge in [-0.1, -0.05) is 38.0 Å². The van der Waals surface area contributed by atoms with Crippen LogP contribution in [0.4, 0.5) is 6.01 Å². The summed E-state index contributed by atoms with van der Waals surface area (Å²) in [6, 6.07) is 7.19. The van der Waals surface area contributed by atoms with Crippen LogP contribution >= 0.6 is 0 Å². The molecule has 0 radical (unpaired) electrons. The molecule has 2 heterocycles. The number of carbonyl (C=O) groups excluding carboxylic acids is 3. The van der Waals surface area contributed by atoms with Crippen molar-refractivity contribution >= 4 is 23.7 Å². The molecule has 3 amide bonds. The summed E-state index contributed by atoms with van der Waals surface area (Å²) in [4.78, 5) is 36.6. The van der Waals surface area contributed by atoms with Crippen LogP contribution in [0.3, 0.4) is 0 Å². The Morgan fingerprint density at radius 3 is 2.31 bits per heavy atom. The standard InChI is InChI=1S/C18H20N4O4/c1-18(2,3)12-6-4-11(5-7-12)16(25)19-17-21-20-13(26-17)10-22-14(23)8-9-15(22)24/h4-7H,8-10H2,1-3H3,(H,19,21,25). The van der Waals surface area contributed by atoms with E-state index < -0.39 is 0 Å². The number of benzene rings is 1. The van der Waals surface area contributed by atoms with Gasteiger partial charge in [0.05, 0.1) is 0 Å². The van der Waals surface area contributed by atoms with Crippen LogP contribution < -0.4 is 5.32 Å². The summed E-state index contributed by atoms with van der Waals surface area (Å²) in [6.45, 7) is 6.20. The van der Waals surface area contributed by atoms with Gasteiger partial charge in [0, 0.05) is 18.4 Å². The maximum Gasteiger partial charge on any atom is 0.322 e. The van der Waals surface area contributed by atoms with E-state index in [-0.39, 0.29) is 54.4 Å². The Labute approximate surface area is 150 Å². The number of nitrogens with one attached hydrogen (secondary N) is 1. The number of rotatable bonds is 4. The summed E-state index contributed by atoms with van der Waals surface area (Å²) < 4.78 is 5.31. The van der Waals surface area contributed by atoms with Crippen molar-refractivity contribution in [1.82, 2.24) is 15.1 Å². The minimum Gasteiger partial charge on any atom is -0.406 e. The molecule has 0 bridgehead atoms. The maximum atomic E-state index is 12.3. The van der Waals surface area contributed by atoms with Crippen LogP contribution in [-0.2, 0) is 21.5 Å². The average Bonchev–Trinajstić information content (AvgIpc) is 3.16. The smallest absolute Gasteiger partial charge is 0.322 e. The summed E-state index contributed by atoms with van der Waals surface area (Å²) in [5, 5.41) is 10.0. The highest BCUT2D eigenvalue weighted by atomic mass is 16.4. The number of anilines is 1. The van der Waals surface area contributed by atoms with E-state index in [2.05, 4.69) is 36.3 Å². The van der Waals surface area contributed by atoms with Gasteiger partial charge < -0.3 is 4.42 Å². The van der Waals surface area contributed by atoms with Crippen LogP contribution in [0.5, 0.6) is 0 Å². The monoisotopic (exact) mass is 356 g/mol. The normalized spacial score (nSPS) is 14.8. The van der Waals surface area contributed by atoms with Crippen molar-refractivity contribution in [2.24, 2.45) is 0 Å². The Morgan fingerprint density at radius 1 is 1.12 bits per heavy atom. The number of likely N-dealkylation sites (tertiary alicyclic amines) is 1. The van der Waals surface area contributed by atoms with Gasteiger partial charge in [0.1, 0.15) is 6.54 Å². The first-order valence-corrected chi connectivity index (χ1v) is 8.31. The van der Waals surface area contributed by atoms with Gasteiger partial charge in [0.15, 0.2) is 0 Å². The lowest BCUT2D eigenvalue weighted by Gasteiger charge is -2.18. The third-order valence-corrected chi connectivity index (χ3v) is 4.15. The van der Waals surface area contributed by atoms with Crippen molar-refractivity contribution in [1.29, 1.82) is 0 Å². The number of aromatic nitrogens is 2. The molecule has 1 saturated heterocycles. The van der Waals surface area contributed by atoms with Gasteiger partial charge in [-0.2, -0.15) is 0 Å². The molecule has 1 fully saturated rings. The highest BCUT2D eigenvalue weighted by molar-refractivity contribution is 6.03. The van der Waals surface area contributed by atoms with E-state index in [0.717, 1.165) is 10.5 Å². The molecule has 3 rings (SSSR count). The number of nitrogens with zero attached hydrogens (tertiary/aromatic N) is 3. The zero-order chi connectivity index (χ0) is 18.9. The van der Waals surface area contributed by atoms with Crippen LogP contribution in [0.2, 0.25) is 0 Å². The summed E-state index contributed by atoms with van der Waals surface area (Å²) in [7, 11) is 0. The van der Waals surface area contributed by atoms with E-state index in [1.807, 2.05) is 12.1 Å². The minimum absolute atomic E-state index is 0.000829. The third kappa shape index (κ3) is 3.79. The summed E-state index contributed by atoms with van der Waals surface area (Å²) >= 11 is 0. The molecule has 1 N–H and O–H groups in total. The maximum absolute atomic E-state index is 12.3. The zero-order valence-electron chi connectivity index (χ0n) is 14.9. The van der Waals surface area contributed by atoms with Crippen LogP contribution in [0.25, 0.3) is 0 Å². The number of carbonyl (C=O) groups is 3. The Bertz CT molecular complexity index is 833. The molecular weight excluding hydrogens is 336 g/mol. The largest absolute Gasteiger partial charge is 0.406 e. The fraction of sp³-hybridized carbons (Fsp3) is 0.389. The average molecular weight is 356 g/mol. The van der Waals surface area contributed by atoms with Crippen molar-refractivity contribution < 1.29 is 18.8 Å². The van der Waals surface area contributed by atoms with Crippen molar-refractivity contribution in [3.63, 3.8) is 0 Å². The molecule has 0 saturated carbocycles. The molecule has 8 heteroatoms. The van der Waals surface area contributed by atoms with Gasteiger partial charge in [0.25, 0.3) is 5.91 Å². The highest BCUT2D eigenvalue weighted by Crippen LogP contribution is 2.22. The molecule has 26 heavy (non-hydrogen) atoms. The van der Waals surface area contributed by atoms with Crippen molar-refractivity contribution in [3.05, 3.63) is 41.3 Å². The fourth-order valence-electron chi connectivity index (χ4n) is 2.59. The molecule has 0 atom stereocenters. The summed E-state index contributed by atoms with van der Waals surface area (Å²) in [5.74, 6) is -0.823. The lowest BCUT2D eigenvalue weighted by molar-refractivity contribution is -0.139. The molecule has 8 nitrogen and oxygen atoms in total. The van der Waals surface area contributed by atoms with Crippen LogP contribution in [-0.4, -0.2) is 32.8 Å². The van der Waals surface area contributed by atoms with Crippen molar-refractivity contribution in [2.45, 2.75) is 45.6 Å². The Balaban J connectivity index is 1.64. The number of imide groups is 1. The number of hydrogen-bond donors (Lipinski definition) is 1. The highest BCUT2D eigenvalue weighted by Gasteiger charge is 2.30. The van der Waals surface area contributed by atoms with Gasteiger partial charge in [-0.3, -0.25) is 24.6 Å². The second-order valence-electron chi connectivity index (χ2n) is 7.16. The Morgan fingerprint density at radius 2 is 1.73 bits per heavy atom. The Kier molecular flexibility index (Phi) is 4.58. The lowest BCUT2D eigenvalue weighted by Crippen LogP contribution is -2.28. The summed E-state index contributed by atoms with van der Waals surface area (Å²) in [5.41, 5.74) is 1.58. The molecule has 1 aliphatic rings. The van der Waals surface area contributed by atoms with E-state index in [1.165, 1.54) is 0 Å². The number of hydrogen-bond acceptors (Lipinski definition) is 6. The first-order chi connectivity index (χ1) is 12.2. The van der Waals surface area contributed by atoms with E-state index in [4.69, 9.17) is 4.42 Å². The van der Waals surface area contributed by atoms with E-state index in [9.17, 15) is 14.4 Å². The fourth-order valence-corrected chi connectivity index (χ4v) is 2.59. The van der Waals surface area contributed by atoms with Crippen molar-refractivity contribution in [3.8, 4) is 0 Å². The first kappa shape index (κ1) is 17.8. The van der Waals surface area contributed by atoms with E-state index in [0.29, 0.717) is 5.56 Å². The first-order valence-electron chi connectivity index (χ1n) is 8.31.